The second-order valence-electron chi connectivity index (χ2n) is 5.15. The lowest BCUT2D eigenvalue weighted by Gasteiger charge is -2.11. The molecule has 2 rings (SSSR count). The van der Waals surface area contributed by atoms with Crippen LogP contribution < -0.4 is 4.72 Å². The minimum atomic E-state index is -3.71. The molecule has 0 radical (unpaired) electrons. The summed E-state index contributed by atoms with van der Waals surface area (Å²) < 4.78 is 33.4. The third-order valence-corrected chi connectivity index (χ3v) is 4.99. The number of carboxylic acids is 1. The second kappa shape index (κ2) is 6.59. The van der Waals surface area contributed by atoms with Crippen molar-refractivity contribution in [3.05, 3.63) is 18.0 Å². The van der Waals surface area contributed by atoms with Gasteiger partial charge in [0.1, 0.15) is 10.6 Å². The Morgan fingerprint density at radius 3 is 2.71 bits per heavy atom. The summed E-state index contributed by atoms with van der Waals surface area (Å²) in [5.74, 6) is -1.16. The van der Waals surface area contributed by atoms with E-state index in [9.17, 15) is 13.2 Å². The number of carbonyl (C=O) groups is 1. The Balaban J connectivity index is 1.89. The zero-order valence-electron chi connectivity index (χ0n) is 11.9. The molecule has 1 fully saturated rings. The van der Waals surface area contributed by atoms with Gasteiger partial charge in [-0.2, -0.15) is 0 Å². The first-order valence-corrected chi connectivity index (χ1v) is 8.39. The van der Waals surface area contributed by atoms with E-state index in [1.807, 2.05) is 0 Å². The zero-order valence-corrected chi connectivity index (χ0v) is 12.7. The van der Waals surface area contributed by atoms with Crippen molar-refractivity contribution in [1.29, 1.82) is 0 Å². The largest absolute Gasteiger partial charge is 0.477 e. The maximum atomic E-state index is 12.0. The summed E-state index contributed by atoms with van der Waals surface area (Å²) in [5, 5.41) is 8.92. The van der Waals surface area contributed by atoms with E-state index in [-0.39, 0.29) is 23.2 Å². The van der Waals surface area contributed by atoms with Crippen molar-refractivity contribution >= 4 is 16.0 Å². The molecule has 0 amide bonds. The number of hydrogen-bond acceptors (Lipinski definition) is 4. The van der Waals surface area contributed by atoms with Gasteiger partial charge in [0.15, 0.2) is 0 Å². The number of nitrogens with zero attached hydrogens (tertiary/aromatic N) is 1. The van der Waals surface area contributed by atoms with E-state index >= 15 is 0 Å². The summed E-state index contributed by atoms with van der Waals surface area (Å²) in [5.41, 5.74) is -0.0717. The minimum Gasteiger partial charge on any atom is -0.477 e. The van der Waals surface area contributed by atoms with E-state index in [4.69, 9.17) is 9.84 Å². The fraction of sp³-hybridized carbons (Fsp3) is 0.615. The Kier molecular flexibility index (Phi) is 5.02. The quantitative estimate of drug-likeness (QED) is 0.730. The summed E-state index contributed by atoms with van der Waals surface area (Å²) in [6.07, 6.45) is 5.92. The van der Waals surface area contributed by atoms with E-state index < -0.39 is 16.0 Å². The van der Waals surface area contributed by atoms with Gasteiger partial charge in [-0.1, -0.05) is 12.8 Å². The fourth-order valence-corrected chi connectivity index (χ4v) is 3.52. The summed E-state index contributed by atoms with van der Waals surface area (Å²) in [6.45, 7) is 0.499. The molecule has 118 valence electrons. The van der Waals surface area contributed by atoms with Crippen LogP contribution in [0.15, 0.2) is 17.2 Å². The molecule has 1 aromatic heterocycles. The Labute approximate surface area is 124 Å². The third kappa shape index (κ3) is 4.05. The van der Waals surface area contributed by atoms with E-state index in [0.29, 0.717) is 6.61 Å². The molecule has 0 bridgehead atoms. The van der Waals surface area contributed by atoms with Crippen molar-refractivity contribution in [2.75, 3.05) is 13.2 Å². The number of rotatable bonds is 7. The lowest BCUT2D eigenvalue weighted by atomic mass is 10.3. The Morgan fingerprint density at radius 1 is 1.48 bits per heavy atom. The van der Waals surface area contributed by atoms with Crippen LogP contribution >= 0.6 is 0 Å². The SMILES string of the molecule is Cn1cc(S(=O)(=O)NCCOC2CCCC2)cc1C(=O)O. The zero-order chi connectivity index (χ0) is 15.5. The molecule has 0 aliphatic heterocycles. The monoisotopic (exact) mass is 316 g/mol. The standard InChI is InChI=1S/C13H20N2O5S/c1-15-9-11(8-12(15)13(16)17)21(18,19)14-6-7-20-10-4-2-3-5-10/h8-10,14H,2-7H2,1H3,(H,16,17). The predicted molar refractivity (Wildman–Crippen MR) is 75.8 cm³/mol. The number of nitrogens with one attached hydrogen (secondary N) is 1. The van der Waals surface area contributed by atoms with Crippen LogP contribution in [0.1, 0.15) is 36.2 Å². The highest BCUT2D eigenvalue weighted by atomic mass is 32.2. The van der Waals surface area contributed by atoms with Crippen molar-refractivity contribution in [3.63, 3.8) is 0 Å². The van der Waals surface area contributed by atoms with Gasteiger partial charge in [0.2, 0.25) is 10.0 Å². The molecule has 0 saturated heterocycles. The average Bonchev–Trinajstić information content (AvgIpc) is 3.04. The summed E-state index contributed by atoms with van der Waals surface area (Å²) in [6, 6.07) is 1.14. The molecule has 0 aromatic carbocycles. The van der Waals surface area contributed by atoms with Crippen LogP contribution in [-0.2, 0) is 21.8 Å². The van der Waals surface area contributed by atoms with Gasteiger partial charge >= 0.3 is 5.97 Å². The smallest absolute Gasteiger partial charge is 0.352 e. The maximum Gasteiger partial charge on any atom is 0.352 e. The number of ether oxygens (including phenoxy) is 1. The van der Waals surface area contributed by atoms with Crippen LogP contribution in [0.2, 0.25) is 0 Å². The van der Waals surface area contributed by atoms with E-state index in [0.717, 1.165) is 18.9 Å². The first-order valence-electron chi connectivity index (χ1n) is 6.91. The van der Waals surface area contributed by atoms with Crippen LogP contribution in [0.25, 0.3) is 0 Å². The van der Waals surface area contributed by atoms with E-state index in [1.165, 1.54) is 30.7 Å². The molecule has 1 heterocycles. The first kappa shape index (κ1) is 16.0. The number of carboxylic acid groups (broad SMARTS) is 1. The summed E-state index contributed by atoms with van der Waals surface area (Å²) >= 11 is 0. The molecule has 0 spiro atoms. The molecule has 2 N–H and O–H groups in total. The highest BCUT2D eigenvalue weighted by Crippen LogP contribution is 2.20. The highest BCUT2D eigenvalue weighted by molar-refractivity contribution is 7.89. The fourth-order valence-electron chi connectivity index (χ4n) is 2.43. The van der Waals surface area contributed by atoms with Crippen LogP contribution in [0, 0.1) is 0 Å². The van der Waals surface area contributed by atoms with E-state index in [1.54, 1.807) is 0 Å². The molecule has 1 saturated carbocycles. The third-order valence-electron chi connectivity index (χ3n) is 3.56. The second-order valence-corrected chi connectivity index (χ2v) is 6.92. The predicted octanol–water partition coefficient (Wildman–Crippen LogP) is 0.961. The van der Waals surface area contributed by atoms with Gasteiger partial charge in [-0.3, -0.25) is 0 Å². The van der Waals surface area contributed by atoms with Gasteiger partial charge in [-0.25, -0.2) is 17.9 Å². The van der Waals surface area contributed by atoms with Crippen LogP contribution in [0.4, 0.5) is 0 Å². The Hall–Kier alpha value is -1.38. The summed E-state index contributed by atoms with van der Waals surface area (Å²) in [7, 11) is -2.21. The average molecular weight is 316 g/mol. The van der Waals surface area contributed by atoms with Crippen LogP contribution in [0.3, 0.4) is 0 Å². The van der Waals surface area contributed by atoms with Gasteiger partial charge in [-0.15, -0.1) is 0 Å². The maximum absolute atomic E-state index is 12.0. The molecule has 1 aliphatic carbocycles. The van der Waals surface area contributed by atoms with Crippen molar-refractivity contribution in [3.8, 4) is 0 Å². The molecule has 8 heteroatoms. The van der Waals surface area contributed by atoms with Gasteiger partial charge in [-0.05, 0) is 18.9 Å². The van der Waals surface area contributed by atoms with Crippen molar-refractivity contribution in [2.24, 2.45) is 7.05 Å². The number of hydrogen-bond donors (Lipinski definition) is 2. The molecule has 1 aromatic rings. The molecular formula is C13H20N2O5S. The van der Waals surface area contributed by atoms with Crippen molar-refractivity contribution in [2.45, 2.75) is 36.7 Å². The topological polar surface area (TPSA) is 97.6 Å². The van der Waals surface area contributed by atoms with Crippen molar-refractivity contribution < 1.29 is 23.1 Å². The Morgan fingerprint density at radius 2 is 2.14 bits per heavy atom. The van der Waals surface area contributed by atoms with Crippen molar-refractivity contribution in [1.82, 2.24) is 9.29 Å². The molecule has 1 aliphatic rings. The molecule has 7 nitrogen and oxygen atoms in total. The van der Waals surface area contributed by atoms with Gasteiger partial charge < -0.3 is 14.4 Å². The lowest BCUT2D eigenvalue weighted by Crippen LogP contribution is -2.28. The lowest BCUT2D eigenvalue weighted by molar-refractivity contribution is 0.0626. The Bertz CT molecular complexity index is 602. The number of aromatic nitrogens is 1. The van der Waals surface area contributed by atoms with Gasteiger partial charge in [0.05, 0.1) is 12.7 Å². The van der Waals surface area contributed by atoms with Crippen LogP contribution in [-0.4, -0.2) is 43.3 Å². The number of aryl methyl sites for hydroxylation is 1. The van der Waals surface area contributed by atoms with Crippen LogP contribution in [0.5, 0.6) is 0 Å². The van der Waals surface area contributed by atoms with Gasteiger partial charge in [0.25, 0.3) is 0 Å². The molecule has 0 atom stereocenters. The number of aromatic carboxylic acids is 1. The van der Waals surface area contributed by atoms with Gasteiger partial charge in [0, 0.05) is 19.8 Å². The minimum absolute atomic E-state index is 0.0525. The number of sulfonamides is 1. The highest BCUT2D eigenvalue weighted by Gasteiger charge is 2.20. The first-order chi connectivity index (χ1) is 9.90. The summed E-state index contributed by atoms with van der Waals surface area (Å²) in [4.78, 5) is 10.9. The molecular weight excluding hydrogens is 296 g/mol. The molecule has 0 unspecified atom stereocenters. The molecule has 21 heavy (non-hydrogen) atoms. The normalized spacial score (nSPS) is 16.4. The van der Waals surface area contributed by atoms with E-state index in [2.05, 4.69) is 4.72 Å².